The summed E-state index contributed by atoms with van der Waals surface area (Å²) in [6.07, 6.45) is 3.21. The molecule has 0 bridgehead atoms. The van der Waals surface area contributed by atoms with Crippen LogP contribution in [0.4, 0.5) is 5.69 Å². The van der Waals surface area contributed by atoms with Gasteiger partial charge in [-0.05, 0) is 55.8 Å². The molecule has 33 heavy (non-hydrogen) atoms. The van der Waals surface area contributed by atoms with Crippen LogP contribution in [-0.2, 0) is 6.54 Å². The molecule has 3 aromatic rings. The second-order valence-corrected chi connectivity index (χ2v) is 7.56. The van der Waals surface area contributed by atoms with Crippen LogP contribution < -0.4 is 14.2 Å². The molecule has 4 rings (SSSR count). The van der Waals surface area contributed by atoms with Gasteiger partial charge < -0.3 is 14.2 Å². The molecule has 2 aromatic carbocycles. The molecule has 170 valence electrons. The SMILES string of the molecule is COc1ccc(/C=C/C(=O)c2ccc3c(c2)OCCO3)cc1Cn1nc(C)c([N+](=O)[O-])c1C. The van der Waals surface area contributed by atoms with Gasteiger partial charge in [-0.15, -0.1) is 0 Å². The van der Waals surface area contributed by atoms with Crippen molar-refractivity contribution < 1.29 is 23.9 Å². The Morgan fingerprint density at radius 1 is 1.18 bits per heavy atom. The molecule has 0 unspecified atom stereocenters. The molecule has 1 aliphatic rings. The number of aryl methyl sites for hydroxylation is 1. The molecule has 2 heterocycles. The van der Waals surface area contributed by atoms with E-state index in [1.165, 1.54) is 6.08 Å². The maximum atomic E-state index is 12.7. The van der Waals surface area contributed by atoms with Crippen LogP contribution in [-0.4, -0.2) is 40.8 Å². The molecule has 0 fully saturated rings. The van der Waals surface area contributed by atoms with Gasteiger partial charge in [0.05, 0.1) is 18.6 Å². The fourth-order valence-electron chi connectivity index (χ4n) is 3.76. The van der Waals surface area contributed by atoms with Crippen LogP contribution in [0, 0.1) is 24.0 Å². The summed E-state index contributed by atoms with van der Waals surface area (Å²) in [4.78, 5) is 23.5. The fraction of sp³-hybridized carbons (Fsp3) is 0.250. The van der Waals surface area contributed by atoms with Gasteiger partial charge in [-0.1, -0.05) is 12.1 Å². The van der Waals surface area contributed by atoms with Crippen molar-refractivity contribution in [2.75, 3.05) is 20.3 Å². The molecule has 0 spiro atoms. The van der Waals surface area contributed by atoms with Crippen molar-refractivity contribution in [3.63, 3.8) is 0 Å². The monoisotopic (exact) mass is 449 g/mol. The number of hydrogen-bond donors (Lipinski definition) is 0. The lowest BCUT2D eigenvalue weighted by atomic mass is 10.1. The first-order valence-electron chi connectivity index (χ1n) is 10.3. The van der Waals surface area contributed by atoms with E-state index in [-0.39, 0.29) is 11.5 Å². The number of rotatable bonds is 7. The van der Waals surface area contributed by atoms with E-state index in [2.05, 4.69) is 5.10 Å². The van der Waals surface area contributed by atoms with Gasteiger partial charge in [-0.25, -0.2) is 0 Å². The van der Waals surface area contributed by atoms with Gasteiger partial charge in [0.2, 0.25) is 0 Å². The van der Waals surface area contributed by atoms with Crippen molar-refractivity contribution in [1.82, 2.24) is 9.78 Å². The van der Waals surface area contributed by atoms with E-state index in [1.54, 1.807) is 56.0 Å². The van der Waals surface area contributed by atoms with Gasteiger partial charge in [0.15, 0.2) is 17.3 Å². The molecule has 0 N–H and O–H groups in total. The molecule has 0 atom stereocenters. The highest BCUT2D eigenvalue weighted by atomic mass is 16.6. The van der Waals surface area contributed by atoms with Gasteiger partial charge in [0.1, 0.15) is 30.4 Å². The molecule has 0 aliphatic carbocycles. The summed E-state index contributed by atoms with van der Waals surface area (Å²) in [7, 11) is 1.56. The summed E-state index contributed by atoms with van der Waals surface area (Å²) < 4.78 is 18.1. The van der Waals surface area contributed by atoms with Crippen molar-refractivity contribution in [2.45, 2.75) is 20.4 Å². The van der Waals surface area contributed by atoms with E-state index in [0.29, 0.717) is 54.0 Å². The maximum absolute atomic E-state index is 12.7. The van der Waals surface area contributed by atoms with Crippen molar-refractivity contribution in [1.29, 1.82) is 0 Å². The average molecular weight is 449 g/mol. The smallest absolute Gasteiger partial charge is 0.312 e. The first-order chi connectivity index (χ1) is 15.9. The zero-order chi connectivity index (χ0) is 23.5. The average Bonchev–Trinajstić information content (AvgIpc) is 3.09. The first kappa shape index (κ1) is 22.1. The lowest BCUT2D eigenvalue weighted by Gasteiger charge is -2.18. The summed E-state index contributed by atoms with van der Waals surface area (Å²) in [5.41, 5.74) is 2.90. The van der Waals surface area contributed by atoms with Gasteiger partial charge in [0.25, 0.3) is 0 Å². The minimum Gasteiger partial charge on any atom is -0.496 e. The zero-order valence-electron chi connectivity index (χ0n) is 18.5. The van der Waals surface area contributed by atoms with Crippen molar-refractivity contribution in [3.05, 3.63) is 80.7 Å². The Balaban J connectivity index is 1.57. The highest BCUT2D eigenvalue weighted by Gasteiger charge is 2.22. The van der Waals surface area contributed by atoms with E-state index >= 15 is 0 Å². The fourth-order valence-corrected chi connectivity index (χ4v) is 3.76. The Morgan fingerprint density at radius 3 is 2.64 bits per heavy atom. The van der Waals surface area contributed by atoms with E-state index in [0.717, 1.165) is 11.1 Å². The molecular formula is C24H23N3O6. The van der Waals surface area contributed by atoms with E-state index in [1.807, 2.05) is 12.1 Å². The number of ether oxygens (including phenoxy) is 3. The number of carbonyl (C=O) groups excluding carboxylic acids is 1. The van der Waals surface area contributed by atoms with Gasteiger partial charge in [0, 0.05) is 11.1 Å². The molecule has 1 aromatic heterocycles. The normalized spacial score (nSPS) is 12.7. The topological polar surface area (TPSA) is 106 Å². The summed E-state index contributed by atoms with van der Waals surface area (Å²) in [5.74, 6) is 1.65. The minimum absolute atomic E-state index is 0.00930. The highest BCUT2D eigenvalue weighted by molar-refractivity contribution is 6.07. The summed E-state index contributed by atoms with van der Waals surface area (Å²) >= 11 is 0. The number of benzene rings is 2. The number of carbonyl (C=O) groups is 1. The predicted molar refractivity (Wildman–Crippen MR) is 121 cm³/mol. The van der Waals surface area contributed by atoms with Crippen LogP contribution in [0.3, 0.4) is 0 Å². The summed E-state index contributed by atoms with van der Waals surface area (Å²) in [5, 5.41) is 15.6. The van der Waals surface area contributed by atoms with Crippen LogP contribution in [0.5, 0.6) is 17.2 Å². The number of hydrogen-bond acceptors (Lipinski definition) is 7. The van der Waals surface area contributed by atoms with Gasteiger partial charge in [-0.2, -0.15) is 5.10 Å². The maximum Gasteiger partial charge on any atom is 0.312 e. The van der Waals surface area contributed by atoms with Crippen LogP contribution in [0.15, 0.2) is 42.5 Å². The van der Waals surface area contributed by atoms with E-state index < -0.39 is 4.92 Å². The molecule has 0 saturated heterocycles. The van der Waals surface area contributed by atoms with Crippen molar-refractivity contribution >= 4 is 17.5 Å². The Hall–Kier alpha value is -4.14. The minimum atomic E-state index is -0.423. The lowest BCUT2D eigenvalue weighted by molar-refractivity contribution is -0.386. The first-order valence-corrected chi connectivity index (χ1v) is 10.3. The lowest BCUT2D eigenvalue weighted by Crippen LogP contribution is -2.15. The largest absolute Gasteiger partial charge is 0.496 e. The molecule has 9 heteroatoms. The number of fused-ring (bicyclic) bond motifs is 1. The second-order valence-electron chi connectivity index (χ2n) is 7.56. The molecule has 1 aliphatic heterocycles. The second kappa shape index (κ2) is 9.15. The molecule has 0 radical (unpaired) electrons. The Morgan fingerprint density at radius 2 is 1.94 bits per heavy atom. The highest BCUT2D eigenvalue weighted by Crippen LogP contribution is 2.31. The Kier molecular flexibility index (Phi) is 6.12. The summed E-state index contributed by atoms with van der Waals surface area (Å²) in [6, 6.07) is 10.6. The molecule has 0 amide bonds. The third-order valence-corrected chi connectivity index (χ3v) is 5.40. The number of allylic oxidation sites excluding steroid dienone is 1. The third-order valence-electron chi connectivity index (χ3n) is 5.40. The predicted octanol–water partition coefficient (Wildman–Crippen LogP) is 4.13. The van der Waals surface area contributed by atoms with E-state index in [4.69, 9.17) is 14.2 Å². The van der Waals surface area contributed by atoms with Gasteiger partial charge >= 0.3 is 5.69 Å². The molecular weight excluding hydrogens is 426 g/mol. The number of aromatic nitrogens is 2. The van der Waals surface area contributed by atoms with Crippen LogP contribution >= 0.6 is 0 Å². The van der Waals surface area contributed by atoms with Crippen molar-refractivity contribution in [3.8, 4) is 17.2 Å². The third kappa shape index (κ3) is 4.57. The summed E-state index contributed by atoms with van der Waals surface area (Å²) in [6.45, 7) is 4.52. The van der Waals surface area contributed by atoms with Crippen molar-refractivity contribution in [2.24, 2.45) is 0 Å². The number of nitro groups is 1. The molecule has 9 nitrogen and oxygen atoms in total. The number of methoxy groups -OCH3 is 1. The zero-order valence-corrected chi connectivity index (χ0v) is 18.5. The number of nitrogens with zero attached hydrogens (tertiary/aromatic N) is 3. The van der Waals surface area contributed by atoms with Gasteiger partial charge in [-0.3, -0.25) is 19.6 Å². The molecule has 0 saturated carbocycles. The Labute approximate surface area is 190 Å². The van der Waals surface area contributed by atoms with Crippen LogP contribution in [0.1, 0.15) is 32.9 Å². The number of ketones is 1. The van der Waals surface area contributed by atoms with E-state index in [9.17, 15) is 14.9 Å². The Bertz CT molecular complexity index is 1260. The quantitative estimate of drug-likeness (QED) is 0.231. The van der Waals surface area contributed by atoms with Crippen LogP contribution in [0.25, 0.3) is 6.08 Å². The van der Waals surface area contributed by atoms with Crippen LogP contribution in [0.2, 0.25) is 0 Å². The standard InChI is InChI=1S/C24H23N3O6/c1-15-24(27(29)30)16(2)26(25-15)14-19-12-17(5-8-21(19)31-3)4-7-20(28)18-6-9-22-23(13-18)33-11-10-32-22/h4-9,12-13H,10-11,14H2,1-3H3/b7-4+.